The molecule has 3 atom stereocenters. The van der Waals surface area contributed by atoms with E-state index in [0.717, 1.165) is 42.1 Å². The molecule has 0 aliphatic heterocycles. The number of pyridine rings is 1. The number of nitrogens with zero attached hydrogens (tertiary/aromatic N) is 1. The molecular formula is C15H20BrNO2. The Balaban J connectivity index is 2.11. The zero-order valence-corrected chi connectivity index (χ0v) is 12.8. The molecule has 0 saturated heterocycles. The molecule has 19 heavy (non-hydrogen) atoms. The third-order valence-electron chi connectivity index (χ3n) is 4.24. The van der Waals surface area contributed by atoms with Crippen molar-refractivity contribution < 1.29 is 9.90 Å². The van der Waals surface area contributed by atoms with Gasteiger partial charge in [-0.1, -0.05) is 13.3 Å². The predicted molar refractivity (Wildman–Crippen MR) is 77.9 cm³/mol. The molecule has 104 valence electrons. The Morgan fingerprint density at radius 1 is 1.47 bits per heavy atom. The van der Waals surface area contributed by atoms with E-state index in [2.05, 4.69) is 27.8 Å². The minimum atomic E-state index is -0.637. The van der Waals surface area contributed by atoms with Crippen LogP contribution in [0.1, 0.15) is 38.2 Å². The molecule has 1 aromatic heterocycles. The van der Waals surface area contributed by atoms with E-state index in [-0.39, 0.29) is 11.8 Å². The largest absolute Gasteiger partial charge is 0.481 e. The predicted octanol–water partition coefficient (Wildman–Crippen LogP) is 3.91. The van der Waals surface area contributed by atoms with Crippen LogP contribution in [0, 0.1) is 17.8 Å². The van der Waals surface area contributed by atoms with Gasteiger partial charge in [0.25, 0.3) is 0 Å². The van der Waals surface area contributed by atoms with Crippen molar-refractivity contribution in [3.63, 3.8) is 0 Å². The number of hydrogen-bond donors (Lipinski definition) is 1. The number of hydrogen-bond acceptors (Lipinski definition) is 2. The second kappa shape index (κ2) is 6.51. The first kappa shape index (κ1) is 14.5. The van der Waals surface area contributed by atoms with Gasteiger partial charge in [-0.05, 0) is 65.1 Å². The van der Waals surface area contributed by atoms with Crippen molar-refractivity contribution in [2.45, 2.75) is 39.0 Å². The zero-order valence-electron chi connectivity index (χ0n) is 11.2. The highest BCUT2D eigenvalue weighted by molar-refractivity contribution is 9.10. The molecule has 4 heteroatoms. The van der Waals surface area contributed by atoms with Crippen LogP contribution in [0.25, 0.3) is 0 Å². The van der Waals surface area contributed by atoms with Gasteiger partial charge in [0.2, 0.25) is 0 Å². The third-order valence-corrected chi connectivity index (χ3v) is 4.68. The van der Waals surface area contributed by atoms with Crippen LogP contribution in [-0.4, -0.2) is 16.1 Å². The highest BCUT2D eigenvalue weighted by atomic mass is 79.9. The Hall–Kier alpha value is -0.900. The summed E-state index contributed by atoms with van der Waals surface area (Å²) in [6.45, 7) is 2.20. The first-order valence-electron chi connectivity index (χ1n) is 6.92. The molecule has 1 fully saturated rings. The van der Waals surface area contributed by atoms with Gasteiger partial charge in [0.1, 0.15) is 0 Å². The van der Waals surface area contributed by atoms with Crippen LogP contribution >= 0.6 is 15.9 Å². The minimum Gasteiger partial charge on any atom is -0.481 e. The molecule has 3 unspecified atom stereocenters. The highest BCUT2D eigenvalue weighted by Crippen LogP contribution is 2.37. The van der Waals surface area contributed by atoms with Gasteiger partial charge in [-0.25, -0.2) is 0 Å². The van der Waals surface area contributed by atoms with Gasteiger partial charge < -0.3 is 5.11 Å². The first-order chi connectivity index (χ1) is 9.10. The summed E-state index contributed by atoms with van der Waals surface area (Å²) in [5, 5.41) is 9.38. The topological polar surface area (TPSA) is 50.2 Å². The van der Waals surface area contributed by atoms with Crippen molar-refractivity contribution in [2.24, 2.45) is 17.8 Å². The van der Waals surface area contributed by atoms with Crippen molar-refractivity contribution in [1.29, 1.82) is 0 Å². The lowest BCUT2D eigenvalue weighted by atomic mass is 9.71. The summed E-state index contributed by atoms with van der Waals surface area (Å²) in [6, 6.07) is 2.04. The van der Waals surface area contributed by atoms with Gasteiger partial charge in [0.05, 0.1) is 5.92 Å². The maximum atomic E-state index is 11.4. The molecule has 1 aliphatic carbocycles. The van der Waals surface area contributed by atoms with E-state index in [4.69, 9.17) is 0 Å². The van der Waals surface area contributed by atoms with Crippen molar-refractivity contribution in [3.8, 4) is 0 Å². The second-order valence-corrected chi connectivity index (χ2v) is 6.42. The van der Waals surface area contributed by atoms with Gasteiger partial charge in [-0.3, -0.25) is 9.78 Å². The molecule has 0 bridgehead atoms. The number of carbonyl (C=O) groups is 1. The summed E-state index contributed by atoms with van der Waals surface area (Å²) in [6.07, 6.45) is 8.48. The van der Waals surface area contributed by atoms with Crippen molar-refractivity contribution in [2.75, 3.05) is 0 Å². The molecule has 1 heterocycles. The van der Waals surface area contributed by atoms with E-state index in [1.807, 2.05) is 12.3 Å². The van der Waals surface area contributed by atoms with Crippen molar-refractivity contribution >= 4 is 21.9 Å². The number of carboxylic acids is 1. The molecular weight excluding hydrogens is 306 g/mol. The average molecular weight is 326 g/mol. The van der Waals surface area contributed by atoms with Crippen molar-refractivity contribution in [3.05, 3.63) is 28.5 Å². The quantitative estimate of drug-likeness (QED) is 0.912. The lowest BCUT2D eigenvalue weighted by Crippen LogP contribution is -2.32. The normalized spacial score (nSPS) is 27.2. The summed E-state index contributed by atoms with van der Waals surface area (Å²) in [5.74, 6) is 0.0947. The van der Waals surface area contributed by atoms with E-state index in [0.29, 0.717) is 5.92 Å². The SMILES string of the molecule is CCC1CCC(C(=O)O)C(Cc2cncc(Br)c2)C1. The maximum Gasteiger partial charge on any atom is 0.306 e. The van der Waals surface area contributed by atoms with E-state index in [1.54, 1.807) is 6.20 Å². The molecule has 1 N–H and O–H groups in total. The molecule has 1 saturated carbocycles. The standard InChI is InChI=1S/C15H20BrNO2/c1-2-10-3-4-14(15(18)19)12(5-10)6-11-7-13(16)9-17-8-11/h7-10,12,14H,2-6H2,1H3,(H,18,19). The highest BCUT2D eigenvalue weighted by Gasteiger charge is 2.34. The molecule has 0 aromatic carbocycles. The summed E-state index contributed by atoms with van der Waals surface area (Å²) >= 11 is 3.42. The lowest BCUT2D eigenvalue weighted by Gasteiger charge is -2.33. The number of carboxylic acid groups (broad SMARTS) is 1. The number of aliphatic carboxylic acids is 1. The van der Waals surface area contributed by atoms with Crippen LogP contribution in [0.5, 0.6) is 0 Å². The van der Waals surface area contributed by atoms with Crippen LogP contribution in [-0.2, 0) is 11.2 Å². The average Bonchev–Trinajstić information content (AvgIpc) is 2.38. The summed E-state index contributed by atoms with van der Waals surface area (Å²) in [7, 11) is 0. The summed E-state index contributed by atoms with van der Waals surface area (Å²) in [5.41, 5.74) is 1.13. The first-order valence-corrected chi connectivity index (χ1v) is 7.71. The summed E-state index contributed by atoms with van der Waals surface area (Å²) in [4.78, 5) is 15.6. The molecule has 1 aliphatic rings. The van der Waals surface area contributed by atoms with Crippen LogP contribution in [0.3, 0.4) is 0 Å². The Morgan fingerprint density at radius 2 is 2.26 bits per heavy atom. The molecule has 1 aromatic rings. The molecule has 2 rings (SSSR count). The van der Waals surface area contributed by atoms with Crippen molar-refractivity contribution in [1.82, 2.24) is 4.98 Å². The Bertz CT molecular complexity index is 450. The number of aromatic nitrogens is 1. The fraction of sp³-hybridized carbons (Fsp3) is 0.600. The van der Waals surface area contributed by atoms with Gasteiger partial charge in [-0.2, -0.15) is 0 Å². The minimum absolute atomic E-state index is 0.193. The Labute approximate surface area is 122 Å². The fourth-order valence-electron chi connectivity index (χ4n) is 3.15. The lowest BCUT2D eigenvalue weighted by molar-refractivity contribution is -0.145. The third kappa shape index (κ3) is 3.78. The van der Waals surface area contributed by atoms with E-state index >= 15 is 0 Å². The molecule has 0 spiro atoms. The Kier molecular flexibility index (Phi) is 4.97. The van der Waals surface area contributed by atoms with Crippen LogP contribution < -0.4 is 0 Å². The van der Waals surface area contributed by atoms with Gasteiger partial charge in [-0.15, -0.1) is 0 Å². The monoisotopic (exact) mass is 325 g/mol. The Morgan fingerprint density at radius 3 is 2.89 bits per heavy atom. The smallest absolute Gasteiger partial charge is 0.306 e. The number of halogens is 1. The zero-order chi connectivity index (χ0) is 13.8. The van der Waals surface area contributed by atoms with Crippen LogP contribution in [0.4, 0.5) is 0 Å². The molecule has 3 nitrogen and oxygen atoms in total. The van der Waals surface area contributed by atoms with Gasteiger partial charge >= 0.3 is 5.97 Å². The maximum absolute atomic E-state index is 11.4. The second-order valence-electron chi connectivity index (χ2n) is 5.51. The van der Waals surface area contributed by atoms with Gasteiger partial charge in [0.15, 0.2) is 0 Å². The number of rotatable bonds is 4. The molecule has 0 amide bonds. The van der Waals surface area contributed by atoms with Crippen LogP contribution in [0.15, 0.2) is 22.9 Å². The summed E-state index contributed by atoms with van der Waals surface area (Å²) < 4.78 is 0.958. The fourth-order valence-corrected chi connectivity index (χ4v) is 3.57. The van der Waals surface area contributed by atoms with Crippen LogP contribution in [0.2, 0.25) is 0 Å². The van der Waals surface area contributed by atoms with Gasteiger partial charge in [0, 0.05) is 16.9 Å². The van der Waals surface area contributed by atoms with E-state index < -0.39 is 5.97 Å². The van der Waals surface area contributed by atoms with E-state index in [9.17, 15) is 9.90 Å². The molecule has 0 radical (unpaired) electrons. The van der Waals surface area contributed by atoms with E-state index in [1.165, 1.54) is 0 Å².